The Bertz CT molecular complexity index is 410. The fourth-order valence-corrected chi connectivity index (χ4v) is 2.40. The molecule has 0 aromatic heterocycles. The number of carbonyl (C=O) groups is 1. The molecule has 4 nitrogen and oxygen atoms in total. The van der Waals surface area contributed by atoms with Crippen molar-refractivity contribution in [1.29, 1.82) is 0 Å². The molecule has 5 heteroatoms. The van der Waals surface area contributed by atoms with E-state index < -0.39 is 0 Å². The lowest BCUT2D eigenvalue weighted by molar-refractivity contribution is 0.163. The van der Waals surface area contributed by atoms with Crippen LogP contribution in [0.1, 0.15) is 20.3 Å². The number of aliphatic hydroxyl groups is 1. The summed E-state index contributed by atoms with van der Waals surface area (Å²) in [5.41, 5.74) is 0.815. The van der Waals surface area contributed by atoms with Crippen molar-refractivity contribution in [3.63, 3.8) is 0 Å². The number of hydrogen-bond acceptors (Lipinski definition) is 3. The lowest BCUT2D eigenvalue weighted by Crippen LogP contribution is -2.33. The van der Waals surface area contributed by atoms with Gasteiger partial charge in [0.1, 0.15) is 0 Å². The molecule has 106 valence electrons. The topological polar surface area (TPSA) is 61.4 Å². The smallest absolute Gasteiger partial charge is 0.319 e. The molecule has 2 atom stereocenters. The van der Waals surface area contributed by atoms with Crippen LogP contribution in [0.4, 0.5) is 10.5 Å². The van der Waals surface area contributed by atoms with Gasteiger partial charge in [0.25, 0.3) is 0 Å². The molecule has 0 fully saturated rings. The largest absolute Gasteiger partial charge is 0.393 e. The lowest BCUT2D eigenvalue weighted by atomic mass is 10.1. The van der Waals surface area contributed by atoms with Crippen LogP contribution in [0, 0.1) is 5.92 Å². The third-order valence-corrected chi connectivity index (χ3v) is 3.51. The molecule has 1 rings (SSSR count). The Labute approximate surface area is 119 Å². The second kappa shape index (κ2) is 8.07. The molecule has 0 saturated heterocycles. The molecule has 1 aromatic rings. The molecule has 1 aromatic carbocycles. The molecule has 0 heterocycles. The predicted molar refractivity (Wildman–Crippen MR) is 80.7 cm³/mol. The summed E-state index contributed by atoms with van der Waals surface area (Å²) in [6.07, 6.45) is 2.32. The normalized spacial score (nSPS) is 13.7. The fraction of sp³-hybridized carbons (Fsp3) is 0.500. The average Bonchev–Trinajstić information content (AvgIpc) is 2.36. The molecular weight excluding hydrogens is 260 g/mol. The van der Waals surface area contributed by atoms with Crippen molar-refractivity contribution < 1.29 is 9.90 Å². The van der Waals surface area contributed by atoms with E-state index in [2.05, 4.69) is 10.6 Å². The Balaban J connectivity index is 2.43. The third-order valence-electron chi connectivity index (χ3n) is 2.71. The Kier molecular flexibility index (Phi) is 6.73. The van der Waals surface area contributed by atoms with Crippen LogP contribution in [-0.2, 0) is 0 Å². The van der Waals surface area contributed by atoms with Crippen LogP contribution in [0.15, 0.2) is 29.2 Å². The molecule has 0 aliphatic carbocycles. The number of carbonyl (C=O) groups excluding carboxylic acids is 1. The summed E-state index contributed by atoms with van der Waals surface area (Å²) in [5.74, 6) is 0.251. The van der Waals surface area contributed by atoms with Crippen LogP contribution >= 0.6 is 11.8 Å². The number of nitrogens with one attached hydrogen (secondary N) is 2. The molecule has 2 unspecified atom stereocenters. The van der Waals surface area contributed by atoms with Crippen LogP contribution < -0.4 is 10.6 Å². The Morgan fingerprint density at radius 2 is 2.05 bits per heavy atom. The quantitative estimate of drug-likeness (QED) is 0.703. The van der Waals surface area contributed by atoms with Gasteiger partial charge in [-0.25, -0.2) is 4.79 Å². The average molecular weight is 282 g/mol. The van der Waals surface area contributed by atoms with Gasteiger partial charge in [0, 0.05) is 11.4 Å². The number of thioether (sulfide) groups is 1. The van der Waals surface area contributed by atoms with Gasteiger partial charge in [-0.3, -0.25) is 0 Å². The molecule has 0 bridgehead atoms. The monoisotopic (exact) mass is 282 g/mol. The van der Waals surface area contributed by atoms with Crippen molar-refractivity contribution in [3.8, 4) is 0 Å². The zero-order chi connectivity index (χ0) is 14.3. The van der Waals surface area contributed by atoms with Gasteiger partial charge in [-0.2, -0.15) is 0 Å². The molecule has 3 N–H and O–H groups in total. The maximum Gasteiger partial charge on any atom is 0.319 e. The lowest BCUT2D eigenvalue weighted by Gasteiger charge is -2.15. The van der Waals surface area contributed by atoms with Gasteiger partial charge in [0.15, 0.2) is 0 Å². The van der Waals surface area contributed by atoms with Crippen LogP contribution in [0.25, 0.3) is 0 Å². The van der Waals surface area contributed by atoms with Gasteiger partial charge in [0.05, 0.1) is 11.8 Å². The van der Waals surface area contributed by atoms with Crippen LogP contribution in [0.3, 0.4) is 0 Å². The zero-order valence-corrected chi connectivity index (χ0v) is 12.5. The predicted octanol–water partition coefficient (Wildman–Crippen LogP) is 2.94. The summed E-state index contributed by atoms with van der Waals surface area (Å²) in [6, 6.07) is 7.48. The van der Waals surface area contributed by atoms with Crippen molar-refractivity contribution in [2.75, 3.05) is 18.1 Å². The van der Waals surface area contributed by atoms with E-state index in [1.807, 2.05) is 37.4 Å². The third kappa shape index (κ3) is 5.98. The van der Waals surface area contributed by atoms with E-state index >= 15 is 0 Å². The van der Waals surface area contributed by atoms with Crippen molar-refractivity contribution in [2.24, 2.45) is 5.92 Å². The van der Waals surface area contributed by atoms with Crippen molar-refractivity contribution >= 4 is 23.5 Å². The number of anilines is 1. The molecule has 0 spiro atoms. The van der Waals surface area contributed by atoms with E-state index in [-0.39, 0.29) is 18.1 Å². The first-order valence-electron chi connectivity index (χ1n) is 6.39. The van der Waals surface area contributed by atoms with E-state index in [0.717, 1.165) is 10.6 Å². The minimum absolute atomic E-state index is 0.209. The number of urea groups is 1. The van der Waals surface area contributed by atoms with E-state index in [1.54, 1.807) is 18.7 Å². The number of hydrogen-bond donors (Lipinski definition) is 3. The zero-order valence-electron chi connectivity index (χ0n) is 11.6. The molecule has 0 aliphatic heterocycles. The van der Waals surface area contributed by atoms with E-state index in [1.165, 1.54) is 0 Å². The number of benzene rings is 1. The highest BCUT2D eigenvalue weighted by atomic mass is 32.2. The Hall–Kier alpha value is -1.20. The molecular formula is C14H22N2O2S. The van der Waals surface area contributed by atoms with E-state index in [0.29, 0.717) is 13.0 Å². The van der Waals surface area contributed by atoms with Gasteiger partial charge in [-0.1, -0.05) is 19.1 Å². The van der Waals surface area contributed by atoms with Gasteiger partial charge in [-0.15, -0.1) is 11.8 Å². The maximum atomic E-state index is 11.8. The van der Waals surface area contributed by atoms with Crippen LogP contribution in [0.2, 0.25) is 0 Å². The standard InChI is InChI=1S/C14H22N2O2S/c1-10(8-11(2)17)9-15-14(18)16-12-6-4-5-7-13(12)19-3/h4-7,10-11,17H,8-9H2,1-3H3,(H2,15,16,18). The molecule has 0 aliphatic rings. The molecule has 19 heavy (non-hydrogen) atoms. The summed E-state index contributed by atoms with van der Waals surface area (Å²) < 4.78 is 0. The van der Waals surface area contributed by atoms with Crippen LogP contribution in [-0.4, -0.2) is 30.0 Å². The molecule has 0 radical (unpaired) electrons. The minimum Gasteiger partial charge on any atom is -0.393 e. The first-order chi connectivity index (χ1) is 9.02. The molecule has 2 amide bonds. The number of aliphatic hydroxyl groups excluding tert-OH is 1. The second-order valence-corrected chi connectivity index (χ2v) is 5.57. The van der Waals surface area contributed by atoms with Crippen molar-refractivity contribution in [3.05, 3.63) is 24.3 Å². The van der Waals surface area contributed by atoms with Crippen LogP contribution in [0.5, 0.6) is 0 Å². The summed E-state index contributed by atoms with van der Waals surface area (Å²) in [5, 5.41) is 14.9. The van der Waals surface area contributed by atoms with E-state index in [4.69, 9.17) is 0 Å². The van der Waals surface area contributed by atoms with E-state index in [9.17, 15) is 9.90 Å². The number of amides is 2. The highest BCUT2D eigenvalue weighted by Crippen LogP contribution is 2.24. The van der Waals surface area contributed by atoms with Crippen molar-refractivity contribution in [2.45, 2.75) is 31.3 Å². The summed E-state index contributed by atoms with van der Waals surface area (Å²) in [4.78, 5) is 12.8. The SMILES string of the molecule is CSc1ccccc1NC(=O)NCC(C)CC(C)O. The van der Waals surface area contributed by atoms with Gasteiger partial charge in [0.2, 0.25) is 0 Å². The first kappa shape index (κ1) is 15.9. The number of para-hydroxylation sites is 1. The second-order valence-electron chi connectivity index (χ2n) is 4.73. The highest BCUT2D eigenvalue weighted by molar-refractivity contribution is 7.98. The van der Waals surface area contributed by atoms with Gasteiger partial charge in [-0.05, 0) is 37.7 Å². The minimum atomic E-state index is -0.336. The summed E-state index contributed by atoms with van der Waals surface area (Å²) >= 11 is 1.59. The fourth-order valence-electron chi connectivity index (χ4n) is 1.85. The van der Waals surface area contributed by atoms with Gasteiger partial charge < -0.3 is 15.7 Å². The Morgan fingerprint density at radius 1 is 1.37 bits per heavy atom. The maximum absolute atomic E-state index is 11.8. The highest BCUT2D eigenvalue weighted by Gasteiger charge is 2.09. The Morgan fingerprint density at radius 3 is 2.68 bits per heavy atom. The summed E-state index contributed by atoms with van der Waals surface area (Å²) in [6.45, 7) is 4.31. The number of rotatable bonds is 6. The first-order valence-corrected chi connectivity index (χ1v) is 7.61. The summed E-state index contributed by atoms with van der Waals surface area (Å²) in [7, 11) is 0. The molecule has 0 saturated carbocycles. The van der Waals surface area contributed by atoms with Gasteiger partial charge >= 0.3 is 6.03 Å². The van der Waals surface area contributed by atoms with Crippen molar-refractivity contribution in [1.82, 2.24) is 5.32 Å².